The van der Waals surface area contributed by atoms with Gasteiger partial charge < -0.3 is 9.47 Å². The van der Waals surface area contributed by atoms with E-state index in [1.807, 2.05) is 21.8 Å². The van der Waals surface area contributed by atoms with E-state index in [0.717, 1.165) is 42.2 Å². The zero-order valence-corrected chi connectivity index (χ0v) is 12.2. The zero-order valence-electron chi connectivity index (χ0n) is 12.2. The molecule has 0 N–H and O–H groups in total. The van der Waals surface area contributed by atoms with Gasteiger partial charge in [-0.1, -0.05) is 0 Å². The van der Waals surface area contributed by atoms with Crippen molar-refractivity contribution in [3.63, 3.8) is 0 Å². The van der Waals surface area contributed by atoms with E-state index < -0.39 is 0 Å². The van der Waals surface area contributed by atoms with Crippen LogP contribution in [0.15, 0.2) is 12.4 Å². The van der Waals surface area contributed by atoms with Gasteiger partial charge in [-0.2, -0.15) is 10.2 Å². The SMILES string of the molecule is COCCn1cc(-c2nn3c(c2C)O[C@H](C)CC3)cn1. The van der Waals surface area contributed by atoms with Crippen LogP contribution in [0.25, 0.3) is 11.3 Å². The second kappa shape index (κ2) is 5.28. The number of ether oxygens (including phenoxy) is 2. The monoisotopic (exact) mass is 276 g/mol. The molecule has 0 saturated heterocycles. The number of methoxy groups -OCH3 is 1. The number of fused-ring (bicyclic) bond motifs is 1. The van der Waals surface area contributed by atoms with Crippen LogP contribution in [-0.4, -0.2) is 39.4 Å². The molecule has 3 rings (SSSR count). The Morgan fingerprint density at radius 1 is 1.50 bits per heavy atom. The maximum absolute atomic E-state index is 5.89. The van der Waals surface area contributed by atoms with Crippen LogP contribution in [0, 0.1) is 6.92 Å². The normalized spacial score (nSPS) is 17.9. The molecule has 3 heterocycles. The minimum atomic E-state index is 0.259. The number of aryl methyl sites for hydroxylation is 1. The van der Waals surface area contributed by atoms with E-state index in [9.17, 15) is 0 Å². The molecule has 0 aromatic carbocycles. The summed E-state index contributed by atoms with van der Waals surface area (Å²) in [6.45, 7) is 6.46. The standard InChI is InChI=1S/C14H20N4O2/c1-10-4-5-18-14(20-10)11(2)13(16-18)12-8-15-17(9-12)6-7-19-3/h8-10H,4-7H2,1-3H3/t10-/m1/s1. The molecular formula is C14H20N4O2. The number of rotatable bonds is 4. The van der Waals surface area contributed by atoms with Gasteiger partial charge in [0, 0.05) is 37.4 Å². The Hall–Kier alpha value is -1.82. The van der Waals surface area contributed by atoms with E-state index in [2.05, 4.69) is 24.0 Å². The summed E-state index contributed by atoms with van der Waals surface area (Å²) in [7, 11) is 1.69. The third-order valence-electron chi connectivity index (χ3n) is 3.62. The van der Waals surface area contributed by atoms with Crippen molar-refractivity contribution in [1.82, 2.24) is 19.6 Å². The molecule has 1 aliphatic heterocycles. The van der Waals surface area contributed by atoms with Gasteiger partial charge in [-0.25, -0.2) is 4.68 Å². The van der Waals surface area contributed by atoms with Gasteiger partial charge in [0.2, 0.25) is 5.88 Å². The van der Waals surface area contributed by atoms with Gasteiger partial charge in [-0.3, -0.25) is 4.68 Å². The Morgan fingerprint density at radius 2 is 2.35 bits per heavy atom. The molecule has 2 aromatic rings. The summed E-state index contributed by atoms with van der Waals surface area (Å²) in [5.74, 6) is 0.892. The molecule has 0 bridgehead atoms. The Kier molecular flexibility index (Phi) is 3.48. The lowest BCUT2D eigenvalue weighted by Crippen LogP contribution is -2.23. The van der Waals surface area contributed by atoms with Crippen LogP contribution in [0.3, 0.4) is 0 Å². The number of hydrogen-bond donors (Lipinski definition) is 0. The van der Waals surface area contributed by atoms with Gasteiger partial charge in [0.1, 0.15) is 5.69 Å². The average molecular weight is 276 g/mol. The Bertz CT molecular complexity index is 602. The summed E-state index contributed by atoms with van der Waals surface area (Å²) in [5, 5.41) is 8.99. The fraction of sp³-hybridized carbons (Fsp3) is 0.571. The molecule has 0 aliphatic carbocycles. The van der Waals surface area contributed by atoms with Crippen LogP contribution in [0.5, 0.6) is 5.88 Å². The summed E-state index contributed by atoms with van der Waals surface area (Å²) < 4.78 is 14.8. The van der Waals surface area contributed by atoms with Crippen LogP contribution in [0.1, 0.15) is 18.9 Å². The van der Waals surface area contributed by atoms with Crippen LogP contribution in [-0.2, 0) is 17.8 Å². The lowest BCUT2D eigenvalue weighted by molar-refractivity contribution is 0.148. The first-order valence-corrected chi connectivity index (χ1v) is 6.95. The van der Waals surface area contributed by atoms with E-state index in [0.29, 0.717) is 6.61 Å². The summed E-state index contributed by atoms with van der Waals surface area (Å²) in [4.78, 5) is 0. The fourth-order valence-electron chi connectivity index (χ4n) is 2.46. The summed E-state index contributed by atoms with van der Waals surface area (Å²) in [6.07, 6.45) is 5.11. The summed E-state index contributed by atoms with van der Waals surface area (Å²) in [5.41, 5.74) is 3.07. The molecule has 0 amide bonds. The van der Waals surface area contributed by atoms with Gasteiger partial charge in [0.15, 0.2) is 0 Å². The van der Waals surface area contributed by atoms with E-state index in [1.165, 1.54) is 0 Å². The van der Waals surface area contributed by atoms with Gasteiger partial charge in [-0.05, 0) is 13.8 Å². The van der Waals surface area contributed by atoms with Crippen molar-refractivity contribution in [2.75, 3.05) is 13.7 Å². The van der Waals surface area contributed by atoms with Crippen molar-refractivity contribution >= 4 is 0 Å². The zero-order chi connectivity index (χ0) is 14.1. The third-order valence-corrected chi connectivity index (χ3v) is 3.62. The lowest BCUT2D eigenvalue weighted by atomic mass is 10.1. The minimum Gasteiger partial charge on any atom is -0.475 e. The molecule has 6 heteroatoms. The van der Waals surface area contributed by atoms with E-state index >= 15 is 0 Å². The van der Waals surface area contributed by atoms with Crippen LogP contribution in [0.2, 0.25) is 0 Å². The second-order valence-corrected chi connectivity index (χ2v) is 5.20. The molecule has 0 unspecified atom stereocenters. The van der Waals surface area contributed by atoms with Gasteiger partial charge in [-0.15, -0.1) is 0 Å². The van der Waals surface area contributed by atoms with E-state index in [4.69, 9.17) is 9.47 Å². The van der Waals surface area contributed by atoms with Crippen molar-refractivity contribution < 1.29 is 9.47 Å². The second-order valence-electron chi connectivity index (χ2n) is 5.20. The molecule has 0 radical (unpaired) electrons. The first kappa shape index (κ1) is 13.2. The maximum atomic E-state index is 5.89. The average Bonchev–Trinajstić information content (AvgIpc) is 3.02. The highest BCUT2D eigenvalue weighted by Gasteiger charge is 2.23. The Labute approximate surface area is 118 Å². The molecule has 20 heavy (non-hydrogen) atoms. The fourth-order valence-corrected chi connectivity index (χ4v) is 2.46. The molecule has 108 valence electrons. The molecule has 1 atom stereocenters. The molecule has 6 nitrogen and oxygen atoms in total. The largest absolute Gasteiger partial charge is 0.475 e. The predicted octanol–water partition coefficient (Wildman–Crippen LogP) is 1.87. The highest BCUT2D eigenvalue weighted by atomic mass is 16.5. The molecule has 0 spiro atoms. The Morgan fingerprint density at radius 3 is 3.15 bits per heavy atom. The third kappa shape index (κ3) is 2.31. The highest BCUT2D eigenvalue weighted by Crippen LogP contribution is 2.32. The highest BCUT2D eigenvalue weighted by molar-refractivity contribution is 5.63. The maximum Gasteiger partial charge on any atom is 0.215 e. The topological polar surface area (TPSA) is 54.1 Å². The van der Waals surface area contributed by atoms with Gasteiger partial charge in [0.25, 0.3) is 0 Å². The Balaban J connectivity index is 1.89. The molecule has 0 saturated carbocycles. The molecule has 2 aromatic heterocycles. The van der Waals surface area contributed by atoms with E-state index in [1.54, 1.807) is 7.11 Å². The summed E-state index contributed by atoms with van der Waals surface area (Å²) in [6, 6.07) is 0. The number of hydrogen-bond acceptors (Lipinski definition) is 4. The lowest BCUT2D eigenvalue weighted by Gasteiger charge is -2.21. The van der Waals surface area contributed by atoms with Crippen LogP contribution < -0.4 is 4.74 Å². The molecular weight excluding hydrogens is 256 g/mol. The first-order valence-electron chi connectivity index (χ1n) is 6.95. The van der Waals surface area contributed by atoms with Crippen molar-refractivity contribution in [3.05, 3.63) is 18.0 Å². The minimum absolute atomic E-state index is 0.259. The van der Waals surface area contributed by atoms with E-state index in [-0.39, 0.29) is 6.10 Å². The van der Waals surface area contributed by atoms with Crippen LogP contribution in [0.4, 0.5) is 0 Å². The van der Waals surface area contributed by atoms with Crippen molar-refractivity contribution in [1.29, 1.82) is 0 Å². The molecule has 1 aliphatic rings. The van der Waals surface area contributed by atoms with Gasteiger partial charge >= 0.3 is 0 Å². The van der Waals surface area contributed by atoms with Crippen molar-refractivity contribution in [2.45, 2.75) is 39.5 Å². The molecule has 0 fully saturated rings. The van der Waals surface area contributed by atoms with Crippen molar-refractivity contribution in [3.8, 4) is 17.1 Å². The van der Waals surface area contributed by atoms with Crippen LogP contribution >= 0.6 is 0 Å². The number of aromatic nitrogens is 4. The quantitative estimate of drug-likeness (QED) is 0.855. The first-order chi connectivity index (χ1) is 9.69. The smallest absolute Gasteiger partial charge is 0.215 e. The van der Waals surface area contributed by atoms with Gasteiger partial charge in [0.05, 0.1) is 25.5 Å². The predicted molar refractivity (Wildman–Crippen MR) is 74.8 cm³/mol. The van der Waals surface area contributed by atoms with Crippen molar-refractivity contribution in [2.24, 2.45) is 0 Å². The summed E-state index contributed by atoms with van der Waals surface area (Å²) >= 11 is 0. The number of nitrogens with zero attached hydrogens (tertiary/aromatic N) is 4.